The molecule has 4 fully saturated rings. The molecule has 2 aromatic rings. The largest absolute Gasteiger partial charge is 0.493 e. The van der Waals surface area contributed by atoms with Crippen molar-refractivity contribution in [3.05, 3.63) is 59.4 Å². The second-order valence-corrected chi connectivity index (χ2v) is 11.1. The van der Waals surface area contributed by atoms with E-state index in [9.17, 15) is 4.39 Å². The maximum Gasteiger partial charge on any atom is 0.166 e. The average Bonchev–Trinajstić information content (AvgIpc) is 2.69. The van der Waals surface area contributed by atoms with Crippen molar-refractivity contribution in [3.8, 4) is 11.5 Å². The summed E-state index contributed by atoms with van der Waals surface area (Å²) in [6.07, 6.45) is 7.97. The summed E-state index contributed by atoms with van der Waals surface area (Å²) < 4.78 is 25.8. The molecule has 0 amide bonds. The summed E-state index contributed by atoms with van der Waals surface area (Å²) in [4.78, 5) is 0. The lowest BCUT2D eigenvalue weighted by Crippen LogP contribution is -2.63. The van der Waals surface area contributed by atoms with Crippen molar-refractivity contribution in [1.82, 2.24) is 5.32 Å². The van der Waals surface area contributed by atoms with Gasteiger partial charge in [0.2, 0.25) is 0 Å². The zero-order valence-corrected chi connectivity index (χ0v) is 19.0. The highest BCUT2D eigenvalue weighted by atomic mass is 19.1. The van der Waals surface area contributed by atoms with E-state index in [1.54, 1.807) is 19.2 Å². The number of hydrogen-bond donors (Lipinski definition) is 1. The number of para-hydroxylation sites is 1. The highest BCUT2D eigenvalue weighted by Crippen LogP contribution is 2.66. The van der Waals surface area contributed by atoms with Crippen LogP contribution in [0.25, 0.3) is 0 Å². The van der Waals surface area contributed by atoms with Crippen LogP contribution in [0, 0.1) is 22.6 Å². The maximum absolute atomic E-state index is 14.1. The number of hydrogen-bond acceptors (Lipinski definition) is 3. The smallest absolute Gasteiger partial charge is 0.166 e. The van der Waals surface area contributed by atoms with Crippen LogP contribution >= 0.6 is 0 Å². The zero-order chi connectivity index (χ0) is 21.7. The van der Waals surface area contributed by atoms with E-state index in [0.717, 1.165) is 18.0 Å². The molecule has 2 unspecified atom stereocenters. The third kappa shape index (κ3) is 3.95. The van der Waals surface area contributed by atoms with Crippen molar-refractivity contribution in [2.24, 2.45) is 16.7 Å². The Kier molecular flexibility index (Phi) is 5.04. The van der Waals surface area contributed by atoms with Gasteiger partial charge in [-0.2, -0.15) is 0 Å². The molecule has 4 aliphatic rings. The Balaban J connectivity index is 1.36. The molecule has 4 atom stereocenters. The third-order valence-corrected chi connectivity index (χ3v) is 7.89. The maximum atomic E-state index is 14.1. The lowest BCUT2D eigenvalue weighted by atomic mass is 9.43. The van der Waals surface area contributed by atoms with E-state index < -0.39 is 0 Å². The fraction of sp³-hybridized carbons (Fsp3) is 0.556. The van der Waals surface area contributed by atoms with Crippen molar-refractivity contribution in [1.29, 1.82) is 0 Å². The van der Waals surface area contributed by atoms with Crippen molar-refractivity contribution in [2.45, 2.75) is 71.1 Å². The zero-order valence-electron chi connectivity index (χ0n) is 19.0. The summed E-state index contributed by atoms with van der Waals surface area (Å²) in [5, 5.41) is 3.99. The molecule has 166 valence electrons. The number of methoxy groups -OCH3 is 1. The Morgan fingerprint density at radius 1 is 0.935 bits per heavy atom. The molecule has 4 saturated carbocycles. The Bertz CT molecular complexity index is 955. The molecule has 0 aromatic heterocycles. The molecule has 4 heteroatoms. The van der Waals surface area contributed by atoms with Crippen molar-refractivity contribution < 1.29 is 13.9 Å². The van der Waals surface area contributed by atoms with E-state index in [1.807, 2.05) is 18.2 Å². The van der Waals surface area contributed by atoms with Gasteiger partial charge in [-0.3, -0.25) is 0 Å². The molecule has 31 heavy (non-hydrogen) atoms. The Labute approximate surface area is 185 Å². The first-order valence-corrected chi connectivity index (χ1v) is 11.6. The molecule has 0 spiro atoms. The Morgan fingerprint density at radius 2 is 1.65 bits per heavy atom. The first-order valence-electron chi connectivity index (χ1n) is 11.6. The number of benzene rings is 2. The fourth-order valence-electron chi connectivity index (χ4n) is 7.72. The normalized spacial score (nSPS) is 33.5. The van der Waals surface area contributed by atoms with E-state index in [4.69, 9.17) is 9.47 Å². The van der Waals surface area contributed by atoms with E-state index in [0.29, 0.717) is 27.9 Å². The molecule has 0 heterocycles. The Morgan fingerprint density at radius 3 is 2.32 bits per heavy atom. The SMILES string of the molecule is COc1cccc(CNC23CC4C[C@@](C)(C2)C[C@](C)(C4)C3)c1OCc1ccccc1F. The summed E-state index contributed by atoms with van der Waals surface area (Å²) in [6, 6.07) is 12.8. The van der Waals surface area contributed by atoms with Gasteiger partial charge in [0.05, 0.1) is 7.11 Å². The molecular formula is C27H34FNO2. The van der Waals surface area contributed by atoms with Gasteiger partial charge >= 0.3 is 0 Å². The summed E-state index contributed by atoms with van der Waals surface area (Å²) in [5.74, 6) is 2.01. The van der Waals surface area contributed by atoms with Crippen LogP contribution in [0.15, 0.2) is 42.5 Å². The van der Waals surface area contributed by atoms with Crippen molar-refractivity contribution >= 4 is 0 Å². The standard InChI is InChI=1S/C27H34FNO2/c1-25-11-19-12-26(2,16-25)18-27(13-19,17-25)29-14-20-8-6-10-23(30-3)24(20)31-15-21-7-4-5-9-22(21)28/h4-10,19,29H,11-18H2,1-3H3/t19?,25-,26+,27?. The van der Waals surface area contributed by atoms with Gasteiger partial charge in [-0.1, -0.05) is 44.2 Å². The molecule has 0 radical (unpaired) electrons. The van der Waals surface area contributed by atoms with Crippen LogP contribution in [-0.2, 0) is 13.2 Å². The van der Waals surface area contributed by atoms with Gasteiger partial charge in [0.1, 0.15) is 12.4 Å². The highest BCUT2D eigenvalue weighted by Gasteiger charge is 2.59. The molecule has 6 rings (SSSR count). The Hall–Kier alpha value is -2.07. The number of nitrogens with one attached hydrogen (secondary N) is 1. The van der Waals surface area contributed by atoms with E-state index in [-0.39, 0.29) is 18.0 Å². The van der Waals surface area contributed by atoms with E-state index in [2.05, 4.69) is 25.2 Å². The minimum atomic E-state index is -0.243. The van der Waals surface area contributed by atoms with Crippen molar-refractivity contribution in [3.63, 3.8) is 0 Å². The van der Waals surface area contributed by atoms with E-state index in [1.165, 1.54) is 44.6 Å². The third-order valence-electron chi connectivity index (χ3n) is 7.89. The van der Waals surface area contributed by atoms with Gasteiger partial charge < -0.3 is 14.8 Å². The van der Waals surface area contributed by atoms with Crippen LogP contribution in [0.4, 0.5) is 4.39 Å². The van der Waals surface area contributed by atoms with Crippen LogP contribution in [0.3, 0.4) is 0 Å². The molecule has 1 N–H and O–H groups in total. The summed E-state index contributed by atoms with van der Waals surface area (Å²) in [5.41, 5.74) is 2.78. The first-order chi connectivity index (χ1) is 14.8. The minimum absolute atomic E-state index is 0.184. The predicted octanol–water partition coefficient (Wildman–Crippen LogP) is 6.25. The number of halogens is 1. The van der Waals surface area contributed by atoms with Gasteiger partial charge in [0.15, 0.2) is 11.5 Å². The number of rotatable bonds is 7. The summed E-state index contributed by atoms with van der Waals surface area (Å²) in [6.45, 7) is 5.92. The van der Waals surface area contributed by atoms with Gasteiger partial charge in [-0.05, 0) is 67.4 Å². The van der Waals surface area contributed by atoms with Gasteiger partial charge in [-0.25, -0.2) is 4.39 Å². The lowest BCUT2D eigenvalue weighted by molar-refractivity contribution is -0.118. The molecule has 0 aliphatic heterocycles. The monoisotopic (exact) mass is 423 g/mol. The summed E-state index contributed by atoms with van der Waals surface area (Å²) in [7, 11) is 1.66. The number of ether oxygens (including phenoxy) is 2. The van der Waals surface area contributed by atoms with Crippen LogP contribution in [0.2, 0.25) is 0 Å². The first kappa shape index (κ1) is 20.8. The topological polar surface area (TPSA) is 30.5 Å². The molecule has 0 saturated heterocycles. The molecular weight excluding hydrogens is 389 g/mol. The summed E-state index contributed by atoms with van der Waals surface area (Å²) >= 11 is 0. The van der Waals surface area contributed by atoms with Crippen LogP contribution in [-0.4, -0.2) is 12.6 Å². The molecule has 3 nitrogen and oxygen atoms in total. The van der Waals surface area contributed by atoms with Gasteiger partial charge in [0, 0.05) is 23.2 Å². The highest BCUT2D eigenvalue weighted by molar-refractivity contribution is 5.47. The lowest BCUT2D eigenvalue weighted by Gasteiger charge is -2.65. The van der Waals surface area contributed by atoms with Crippen molar-refractivity contribution in [2.75, 3.05) is 7.11 Å². The second kappa shape index (κ2) is 7.51. The predicted molar refractivity (Wildman–Crippen MR) is 121 cm³/mol. The molecule has 4 bridgehead atoms. The van der Waals surface area contributed by atoms with Crippen LogP contribution < -0.4 is 14.8 Å². The van der Waals surface area contributed by atoms with Crippen LogP contribution in [0.5, 0.6) is 11.5 Å². The van der Waals surface area contributed by atoms with Gasteiger partial charge in [-0.15, -0.1) is 0 Å². The van der Waals surface area contributed by atoms with Crippen LogP contribution in [0.1, 0.15) is 63.5 Å². The minimum Gasteiger partial charge on any atom is -0.493 e. The van der Waals surface area contributed by atoms with E-state index >= 15 is 0 Å². The fourth-order valence-corrected chi connectivity index (χ4v) is 7.72. The average molecular weight is 424 g/mol. The van der Waals surface area contributed by atoms with Gasteiger partial charge in [0.25, 0.3) is 0 Å². The second-order valence-electron chi connectivity index (χ2n) is 11.1. The molecule has 4 aliphatic carbocycles. The quantitative estimate of drug-likeness (QED) is 0.571. The molecule has 2 aromatic carbocycles.